The molecule has 0 aliphatic heterocycles. The summed E-state index contributed by atoms with van der Waals surface area (Å²) in [7, 11) is 0. The summed E-state index contributed by atoms with van der Waals surface area (Å²) in [4.78, 5) is 10.5. The zero-order valence-corrected chi connectivity index (χ0v) is 10.7. The van der Waals surface area contributed by atoms with Crippen LogP contribution in [0.4, 0.5) is 17.1 Å². The number of nitro benzene ring substituents is 1. The van der Waals surface area contributed by atoms with Crippen LogP contribution in [0.25, 0.3) is 0 Å². The maximum atomic E-state index is 11.0. The second-order valence-electron chi connectivity index (χ2n) is 4.19. The van der Waals surface area contributed by atoms with Crippen molar-refractivity contribution in [1.82, 2.24) is 0 Å². The number of azo groups is 1. The van der Waals surface area contributed by atoms with Crippen LogP contribution in [0.15, 0.2) is 52.7 Å². The van der Waals surface area contributed by atoms with E-state index in [0.717, 1.165) is 11.1 Å². The fourth-order valence-electron chi connectivity index (χ4n) is 1.70. The predicted octanol–water partition coefficient (Wildman–Crippen LogP) is 4.63. The normalized spacial score (nSPS) is 10.8. The SMILES string of the molecule is Cc1ccccc1N=Nc1c(C)cccc1[N+](=O)[O-]. The summed E-state index contributed by atoms with van der Waals surface area (Å²) in [5.41, 5.74) is 2.68. The first kappa shape index (κ1) is 12.9. The molecule has 96 valence electrons. The lowest BCUT2D eigenvalue weighted by atomic mass is 10.2. The maximum absolute atomic E-state index is 11.0. The Labute approximate surface area is 110 Å². The fraction of sp³-hybridized carbons (Fsp3) is 0.143. The average Bonchev–Trinajstić information content (AvgIpc) is 2.38. The van der Waals surface area contributed by atoms with Crippen LogP contribution in [0.1, 0.15) is 11.1 Å². The Morgan fingerprint density at radius 3 is 2.32 bits per heavy atom. The van der Waals surface area contributed by atoms with Crippen molar-refractivity contribution in [2.24, 2.45) is 10.2 Å². The van der Waals surface area contributed by atoms with E-state index in [1.165, 1.54) is 6.07 Å². The van der Waals surface area contributed by atoms with Crippen LogP contribution in [0.2, 0.25) is 0 Å². The van der Waals surface area contributed by atoms with Gasteiger partial charge in [-0.25, -0.2) is 0 Å². The molecule has 0 heterocycles. The monoisotopic (exact) mass is 255 g/mol. The predicted molar refractivity (Wildman–Crippen MR) is 73.2 cm³/mol. The molecule has 2 rings (SSSR count). The van der Waals surface area contributed by atoms with Gasteiger partial charge in [-0.05, 0) is 31.0 Å². The number of aryl methyl sites for hydroxylation is 2. The first-order valence-electron chi connectivity index (χ1n) is 5.81. The molecule has 2 aromatic rings. The topological polar surface area (TPSA) is 67.9 Å². The summed E-state index contributed by atoms with van der Waals surface area (Å²) in [5, 5.41) is 19.1. The number of hydrogen-bond acceptors (Lipinski definition) is 4. The molecular weight excluding hydrogens is 242 g/mol. The largest absolute Gasteiger partial charge is 0.296 e. The Balaban J connectivity index is 2.44. The van der Waals surface area contributed by atoms with Gasteiger partial charge in [0.2, 0.25) is 0 Å². The lowest BCUT2D eigenvalue weighted by Crippen LogP contribution is -1.89. The Morgan fingerprint density at radius 1 is 0.947 bits per heavy atom. The van der Waals surface area contributed by atoms with Gasteiger partial charge in [0.25, 0.3) is 5.69 Å². The van der Waals surface area contributed by atoms with Gasteiger partial charge >= 0.3 is 0 Å². The molecule has 5 nitrogen and oxygen atoms in total. The van der Waals surface area contributed by atoms with Gasteiger partial charge in [-0.1, -0.05) is 30.3 Å². The van der Waals surface area contributed by atoms with Gasteiger partial charge in [-0.15, -0.1) is 5.11 Å². The molecule has 5 heteroatoms. The van der Waals surface area contributed by atoms with Crippen molar-refractivity contribution in [2.45, 2.75) is 13.8 Å². The molecule has 0 bridgehead atoms. The highest BCUT2D eigenvalue weighted by atomic mass is 16.6. The minimum Gasteiger partial charge on any atom is -0.258 e. The minimum absolute atomic E-state index is 0.0302. The van der Waals surface area contributed by atoms with Gasteiger partial charge in [0.1, 0.15) is 0 Å². The van der Waals surface area contributed by atoms with Gasteiger partial charge in [-0.2, -0.15) is 5.11 Å². The van der Waals surface area contributed by atoms with Gasteiger partial charge in [0.05, 0.1) is 10.6 Å². The molecule has 0 saturated heterocycles. The highest BCUT2D eigenvalue weighted by Gasteiger charge is 2.14. The van der Waals surface area contributed by atoms with E-state index in [2.05, 4.69) is 10.2 Å². The van der Waals surface area contributed by atoms with Gasteiger partial charge < -0.3 is 0 Å². The molecule has 0 spiro atoms. The van der Waals surface area contributed by atoms with Crippen molar-refractivity contribution in [1.29, 1.82) is 0 Å². The molecule has 0 N–H and O–H groups in total. The van der Waals surface area contributed by atoms with Crippen LogP contribution in [0.3, 0.4) is 0 Å². The van der Waals surface area contributed by atoms with Crippen molar-refractivity contribution < 1.29 is 4.92 Å². The Bertz CT molecular complexity index is 651. The summed E-state index contributed by atoms with van der Waals surface area (Å²) in [6.07, 6.45) is 0. The second kappa shape index (κ2) is 5.39. The molecule has 0 fully saturated rings. The lowest BCUT2D eigenvalue weighted by Gasteiger charge is -2.01. The smallest absolute Gasteiger partial charge is 0.258 e. The van der Waals surface area contributed by atoms with Gasteiger partial charge in [-0.3, -0.25) is 10.1 Å². The molecule has 0 aliphatic carbocycles. The first-order valence-corrected chi connectivity index (χ1v) is 5.81. The molecule has 0 radical (unpaired) electrons. The molecule has 19 heavy (non-hydrogen) atoms. The van der Waals surface area contributed by atoms with Crippen LogP contribution in [-0.4, -0.2) is 4.92 Å². The summed E-state index contributed by atoms with van der Waals surface area (Å²) in [5.74, 6) is 0. The van der Waals surface area contributed by atoms with Crippen LogP contribution < -0.4 is 0 Å². The number of hydrogen-bond donors (Lipinski definition) is 0. The van der Waals surface area contributed by atoms with E-state index < -0.39 is 4.92 Å². The van der Waals surface area contributed by atoms with E-state index in [-0.39, 0.29) is 5.69 Å². The van der Waals surface area contributed by atoms with Crippen molar-refractivity contribution in [2.75, 3.05) is 0 Å². The highest BCUT2D eigenvalue weighted by molar-refractivity contribution is 5.62. The van der Waals surface area contributed by atoms with E-state index in [1.54, 1.807) is 19.1 Å². The summed E-state index contributed by atoms with van der Waals surface area (Å²) in [6, 6.07) is 12.3. The Hall–Kier alpha value is -2.56. The Kier molecular flexibility index (Phi) is 3.66. The van der Waals surface area contributed by atoms with Gasteiger partial charge in [0.15, 0.2) is 5.69 Å². The van der Waals surface area contributed by atoms with E-state index in [1.807, 2.05) is 31.2 Å². The van der Waals surface area contributed by atoms with E-state index in [9.17, 15) is 10.1 Å². The number of nitrogens with zero attached hydrogens (tertiary/aromatic N) is 3. The van der Waals surface area contributed by atoms with Crippen molar-refractivity contribution in [3.05, 3.63) is 63.7 Å². The van der Waals surface area contributed by atoms with E-state index >= 15 is 0 Å². The standard InChI is InChI=1S/C14H13N3O2/c1-10-6-3-4-8-12(10)15-16-14-11(2)7-5-9-13(14)17(18)19/h3-9H,1-2H3. The van der Waals surface area contributed by atoms with Gasteiger partial charge in [0, 0.05) is 6.07 Å². The van der Waals surface area contributed by atoms with Crippen LogP contribution in [-0.2, 0) is 0 Å². The molecule has 0 unspecified atom stereocenters. The Morgan fingerprint density at radius 2 is 1.63 bits per heavy atom. The zero-order valence-electron chi connectivity index (χ0n) is 10.7. The molecule has 0 atom stereocenters. The number of nitro groups is 1. The highest BCUT2D eigenvalue weighted by Crippen LogP contribution is 2.32. The lowest BCUT2D eigenvalue weighted by molar-refractivity contribution is -0.384. The third-order valence-electron chi connectivity index (χ3n) is 2.79. The first-order chi connectivity index (χ1) is 9.09. The zero-order chi connectivity index (χ0) is 13.8. The van der Waals surface area contributed by atoms with E-state index in [4.69, 9.17) is 0 Å². The van der Waals surface area contributed by atoms with Crippen LogP contribution in [0.5, 0.6) is 0 Å². The summed E-state index contributed by atoms with van der Waals surface area (Å²) < 4.78 is 0. The van der Waals surface area contributed by atoms with Crippen molar-refractivity contribution in [3.63, 3.8) is 0 Å². The maximum Gasteiger partial charge on any atom is 0.296 e. The third kappa shape index (κ3) is 2.82. The number of benzene rings is 2. The van der Waals surface area contributed by atoms with Crippen LogP contribution in [0, 0.1) is 24.0 Å². The fourth-order valence-corrected chi connectivity index (χ4v) is 1.70. The van der Waals surface area contributed by atoms with Crippen molar-refractivity contribution >= 4 is 17.1 Å². The van der Waals surface area contributed by atoms with E-state index in [0.29, 0.717) is 11.4 Å². The van der Waals surface area contributed by atoms with Crippen molar-refractivity contribution in [3.8, 4) is 0 Å². The molecule has 2 aromatic carbocycles. The molecular formula is C14H13N3O2. The second-order valence-corrected chi connectivity index (χ2v) is 4.19. The number of rotatable bonds is 3. The minimum atomic E-state index is -0.445. The summed E-state index contributed by atoms with van der Waals surface area (Å²) in [6.45, 7) is 3.69. The molecule has 0 saturated carbocycles. The third-order valence-corrected chi connectivity index (χ3v) is 2.79. The van der Waals surface area contributed by atoms with Crippen LogP contribution >= 0.6 is 0 Å². The quantitative estimate of drug-likeness (QED) is 0.456. The molecule has 0 aromatic heterocycles. The molecule has 0 amide bonds. The molecule has 0 aliphatic rings. The summed E-state index contributed by atoms with van der Waals surface area (Å²) >= 11 is 0. The average molecular weight is 255 g/mol.